The maximum atomic E-state index is 11.2. The molecule has 0 heterocycles. The Morgan fingerprint density at radius 1 is 1.25 bits per heavy atom. The Hall–Kier alpha value is -0.860. The van der Waals surface area contributed by atoms with Gasteiger partial charge in [0.1, 0.15) is 0 Å². The maximum Gasteiger partial charge on any atom is 0.228 e. The van der Waals surface area contributed by atoms with E-state index in [1.165, 1.54) is 18.9 Å². The number of carbonyl (C=O) groups is 2. The molecular formula is C9H17NO2. The summed E-state index contributed by atoms with van der Waals surface area (Å²) in [5, 5.41) is 0. The molecule has 70 valence electrons. The van der Waals surface area contributed by atoms with Crippen LogP contribution < -0.4 is 0 Å². The Labute approximate surface area is 73.7 Å². The Bertz CT molecular complexity index is 166. The monoisotopic (exact) mass is 171 g/mol. The number of unbranched alkanes of at least 4 members (excludes halogenated alkanes) is 2. The molecule has 3 nitrogen and oxygen atoms in total. The minimum atomic E-state index is -0.184. The Balaban J connectivity index is 3.65. The SMILES string of the molecule is CCCCCC(=O)N(C)C(C)=O. The minimum Gasteiger partial charge on any atom is -0.286 e. The lowest BCUT2D eigenvalue weighted by atomic mass is 10.2. The average molecular weight is 171 g/mol. The van der Waals surface area contributed by atoms with Gasteiger partial charge in [0.15, 0.2) is 0 Å². The average Bonchev–Trinajstić information content (AvgIpc) is 2.03. The summed E-state index contributed by atoms with van der Waals surface area (Å²) in [5.41, 5.74) is 0. The molecule has 0 aromatic heterocycles. The number of amides is 2. The van der Waals surface area contributed by atoms with Crippen molar-refractivity contribution in [2.75, 3.05) is 7.05 Å². The van der Waals surface area contributed by atoms with Crippen molar-refractivity contribution in [1.29, 1.82) is 0 Å². The number of rotatable bonds is 4. The molecule has 0 aromatic rings. The van der Waals surface area contributed by atoms with E-state index in [1.807, 2.05) is 0 Å². The molecule has 0 saturated carbocycles. The van der Waals surface area contributed by atoms with Crippen LogP contribution in [0.3, 0.4) is 0 Å². The number of nitrogens with zero attached hydrogens (tertiary/aromatic N) is 1. The van der Waals surface area contributed by atoms with Crippen LogP contribution in [0, 0.1) is 0 Å². The Kier molecular flexibility index (Phi) is 5.34. The van der Waals surface area contributed by atoms with Gasteiger partial charge in [-0.2, -0.15) is 0 Å². The fourth-order valence-electron chi connectivity index (χ4n) is 0.870. The van der Waals surface area contributed by atoms with Gasteiger partial charge in [-0.25, -0.2) is 0 Å². The van der Waals surface area contributed by atoms with Crippen LogP contribution in [0.25, 0.3) is 0 Å². The number of carbonyl (C=O) groups excluding carboxylic acids is 2. The first-order chi connectivity index (χ1) is 5.59. The lowest BCUT2D eigenvalue weighted by molar-refractivity contribution is -0.141. The summed E-state index contributed by atoms with van der Waals surface area (Å²) in [4.78, 5) is 23.1. The largest absolute Gasteiger partial charge is 0.286 e. The predicted molar refractivity (Wildman–Crippen MR) is 47.6 cm³/mol. The number of hydrogen-bond donors (Lipinski definition) is 0. The van der Waals surface area contributed by atoms with Crippen molar-refractivity contribution in [3.63, 3.8) is 0 Å². The molecule has 2 amide bonds. The van der Waals surface area contributed by atoms with Gasteiger partial charge in [-0.05, 0) is 6.42 Å². The van der Waals surface area contributed by atoms with Crippen LogP contribution in [-0.2, 0) is 9.59 Å². The van der Waals surface area contributed by atoms with Crippen LogP contribution in [-0.4, -0.2) is 23.8 Å². The second-order valence-electron chi connectivity index (χ2n) is 2.93. The van der Waals surface area contributed by atoms with E-state index in [9.17, 15) is 9.59 Å². The van der Waals surface area contributed by atoms with E-state index < -0.39 is 0 Å². The summed E-state index contributed by atoms with van der Waals surface area (Å²) in [6.45, 7) is 3.48. The molecule has 0 bridgehead atoms. The van der Waals surface area contributed by atoms with Gasteiger partial charge < -0.3 is 0 Å². The van der Waals surface area contributed by atoms with Crippen LogP contribution in [0.15, 0.2) is 0 Å². The van der Waals surface area contributed by atoms with Crippen LogP contribution in [0.1, 0.15) is 39.5 Å². The second kappa shape index (κ2) is 5.75. The van der Waals surface area contributed by atoms with Crippen molar-refractivity contribution < 1.29 is 9.59 Å². The van der Waals surface area contributed by atoms with Gasteiger partial charge in [0.25, 0.3) is 0 Å². The molecule has 0 unspecified atom stereocenters. The van der Waals surface area contributed by atoms with E-state index in [-0.39, 0.29) is 11.8 Å². The zero-order valence-corrected chi connectivity index (χ0v) is 8.09. The molecule has 0 aliphatic heterocycles. The molecule has 0 aliphatic rings. The van der Waals surface area contributed by atoms with Crippen molar-refractivity contribution in [1.82, 2.24) is 4.90 Å². The molecule has 0 atom stereocenters. The van der Waals surface area contributed by atoms with Gasteiger partial charge in [-0.3, -0.25) is 14.5 Å². The first-order valence-corrected chi connectivity index (χ1v) is 4.36. The van der Waals surface area contributed by atoms with E-state index >= 15 is 0 Å². The first-order valence-electron chi connectivity index (χ1n) is 4.36. The van der Waals surface area contributed by atoms with Gasteiger partial charge in [0.05, 0.1) is 0 Å². The van der Waals surface area contributed by atoms with Crippen LogP contribution in [0.2, 0.25) is 0 Å². The third kappa shape index (κ3) is 4.11. The fraction of sp³-hybridized carbons (Fsp3) is 0.778. The summed E-state index contributed by atoms with van der Waals surface area (Å²) >= 11 is 0. The van der Waals surface area contributed by atoms with Crippen molar-refractivity contribution in [3.05, 3.63) is 0 Å². The minimum absolute atomic E-state index is 0.0732. The van der Waals surface area contributed by atoms with E-state index in [1.54, 1.807) is 0 Å². The zero-order valence-electron chi connectivity index (χ0n) is 8.09. The smallest absolute Gasteiger partial charge is 0.228 e. The lowest BCUT2D eigenvalue weighted by Gasteiger charge is -2.11. The molecule has 3 heteroatoms. The molecule has 0 spiro atoms. The third-order valence-corrected chi connectivity index (χ3v) is 1.84. The van der Waals surface area contributed by atoms with Crippen molar-refractivity contribution >= 4 is 11.8 Å². The van der Waals surface area contributed by atoms with Gasteiger partial charge in [0.2, 0.25) is 11.8 Å². The van der Waals surface area contributed by atoms with Crippen LogP contribution >= 0.6 is 0 Å². The Morgan fingerprint density at radius 2 is 1.83 bits per heavy atom. The summed E-state index contributed by atoms with van der Waals surface area (Å²) in [6, 6.07) is 0. The highest BCUT2D eigenvalue weighted by molar-refractivity contribution is 5.93. The quantitative estimate of drug-likeness (QED) is 0.602. The lowest BCUT2D eigenvalue weighted by Crippen LogP contribution is -2.30. The number of imide groups is 1. The molecule has 0 fully saturated rings. The topological polar surface area (TPSA) is 37.4 Å². The van der Waals surface area contributed by atoms with Crippen molar-refractivity contribution in [3.8, 4) is 0 Å². The second-order valence-corrected chi connectivity index (χ2v) is 2.93. The maximum absolute atomic E-state index is 11.2. The summed E-state index contributed by atoms with van der Waals surface area (Å²) < 4.78 is 0. The third-order valence-electron chi connectivity index (χ3n) is 1.84. The highest BCUT2D eigenvalue weighted by Crippen LogP contribution is 2.01. The van der Waals surface area contributed by atoms with E-state index in [0.717, 1.165) is 19.3 Å². The number of hydrogen-bond acceptors (Lipinski definition) is 2. The molecule has 0 radical (unpaired) electrons. The molecule has 0 saturated heterocycles. The van der Waals surface area contributed by atoms with Crippen molar-refractivity contribution in [2.45, 2.75) is 39.5 Å². The summed E-state index contributed by atoms with van der Waals surface area (Å²) in [7, 11) is 1.52. The van der Waals surface area contributed by atoms with Crippen LogP contribution in [0.5, 0.6) is 0 Å². The molecule has 0 aromatic carbocycles. The molecule has 0 N–H and O–H groups in total. The molecule has 12 heavy (non-hydrogen) atoms. The first kappa shape index (κ1) is 11.1. The fourth-order valence-corrected chi connectivity index (χ4v) is 0.870. The Morgan fingerprint density at radius 3 is 2.25 bits per heavy atom. The van der Waals surface area contributed by atoms with Gasteiger partial charge >= 0.3 is 0 Å². The summed E-state index contributed by atoms with van der Waals surface area (Å²) in [6.07, 6.45) is 3.52. The van der Waals surface area contributed by atoms with Gasteiger partial charge in [0, 0.05) is 20.4 Å². The van der Waals surface area contributed by atoms with E-state index in [0.29, 0.717) is 6.42 Å². The molecule has 0 aliphatic carbocycles. The van der Waals surface area contributed by atoms with Crippen molar-refractivity contribution in [2.24, 2.45) is 0 Å². The zero-order chi connectivity index (χ0) is 9.56. The van der Waals surface area contributed by atoms with E-state index in [2.05, 4.69) is 6.92 Å². The van der Waals surface area contributed by atoms with Gasteiger partial charge in [-0.15, -0.1) is 0 Å². The normalized spacial score (nSPS) is 9.58. The summed E-state index contributed by atoms with van der Waals surface area (Å²) in [5.74, 6) is -0.257. The van der Waals surface area contributed by atoms with Gasteiger partial charge in [-0.1, -0.05) is 19.8 Å². The highest BCUT2D eigenvalue weighted by atomic mass is 16.2. The highest BCUT2D eigenvalue weighted by Gasteiger charge is 2.10. The van der Waals surface area contributed by atoms with Crippen LogP contribution in [0.4, 0.5) is 0 Å². The predicted octanol–water partition coefficient (Wildman–Crippen LogP) is 1.57. The standard InChI is InChI=1S/C9H17NO2/c1-4-5-6-7-9(12)10(3)8(2)11/h4-7H2,1-3H3. The molecule has 0 rings (SSSR count). The van der Waals surface area contributed by atoms with E-state index in [4.69, 9.17) is 0 Å². The molecular weight excluding hydrogens is 154 g/mol.